The molecular weight excluding hydrogens is 383 g/mol. The van der Waals surface area contributed by atoms with Gasteiger partial charge in [0.05, 0.1) is 0 Å². The number of fused-ring (bicyclic) bond motifs is 1. The molecule has 2 amide bonds. The Kier molecular flexibility index (Phi) is 6.31. The highest BCUT2D eigenvalue weighted by Crippen LogP contribution is 2.29. The van der Waals surface area contributed by atoms with E-state index in [1.54, 1.807) is 41.3 Å². The van der Waals surface area contributed by atoms with Crippen LogP contribution in [0.5, 0.6) is 5.75 Å². The van der Waals surface area contributed by atoms with Crippen molar-refractivity contribution >= 4 is 11.8 Å². The van der Waals surface area contributed by atoms with Crippen molar-refractivity contribution < 1.29 is 18.7 Å². The van der Waals surface area contributed by atoms with E-state index in [1.165, 1.54) is 12.5 Å². The summed E-state index contributed by atoms with van der Waals surface area (Å²) in [6.45, 7) is 0.661. The van der Waals surface area contributed by atoms with Gasteiger partial charge >= 0.3 is 0 Å². The zero-order valence-electron chi connectivity index (χ0n) is 17.0. The molecule has 30 heavy (non-hydrogen) atoms. The highest BCUT2D eigenvalue weighted by molar-refractivity contribution is 5.97. The molecule has 0 unspecified atom stereocenters. The molecular formula is C24H27FN2O3. The quantitative estimate of drug-likeness (QED) is 0.787. The van der Waals surface area contributed by atoms with E-state index < -0.39 is 0 Å². The summed E-state index contributed by atoms with van der Waals surface area (Å²) in [7, 11) is 0. The fourth-order valence-electron chi connectivity index (χ4n) is 4.32. The Morgan fingerprint density at radius 1 is 1.10 bits per heavy atom. The minimum Gasteiger partial charge on any atom is -0.483 e. The Morgan fingerprint density at radius 2 is 1.90 bits per heavy atom. The van der Waals surface area contributed by atoms with Crippen LogP contribution in [0, 0.1) is 5.82 Å². The number of nitrogens with zero attached hydrogens (tertiary/aromatic N) is 1. The summed E-state index contributed by atoms with van der Waals surface area (Å²) >= 11 is 0. The summed E-state index contributed by atoms with van der Waals surface area (Å²) in [5, 5.41) is 3.04. The molecule has 1 saturated carbocycles. The van der Waals surface area contributed by atoms with Gasteiger partial charge < -0.3 is 15.0 Å². The first-order valence-corrected chi connectivity index (χ1v) is 10.7. The standard InChI is InChI=1S/C24H27FN2O3/c25-21-11-5-4-7-17(21)15-27-14-13-19-20(24(27)29)10-6-12-22(19)30-16-23(28)26-18-8-2-1-3-9-18/h4-7,10-12,18H,1-3,8-9,13-16H2,(H,26,28). The molecule has 5 nitrogen and oxygen atoms in total. The van der Waals surface area contributed by atoms with Crippen molar-refractivity contribution in [2.24, 2.45) is 0 Å². The maximum atomic E-state index is 14.0. The molecule has 1 aliphatic carbocycles. The normalized spacial score (nSPS) is 16.8. The van der Waals surface area contributed by atoms with Crippen molar-refractivity contribution in [3.05, 3.63) is 65.0 Å². The average molecular weight is 410 g/mol. The molecule has 6 heteroatoms. The third-order valence-electron chi connectivity index (χ3n) is 5.93. The number of hydrogen-bond donors (Lipinski definition) is 1. The van der Waals surface area contributed by atoms with Crippen molar-refractivity contribution in [1.82, 2.24) is 10.2 Å². The van der Waals surface area contributed by atoms with Gasteiger partial charge in [-0.15, -0.1) is 0 Å². The van der Waals surface area contributed by atoms with Crippen LogP contribution in [-0.4, -0.2) is 35.9 Å². The van der Waals surface area contributed by atoms with E-state index in [2.05, 4.69) is 5.32 Å². The second-order valence-corrected chi connectivity index (χ2v) is 8.04. The van der Waals surface area contributed by atoms with Gasteiger partial charge in [0.15, 0.2) is 6.61 Å². The lowest BCUT2D eigenvalue weighted by Crippen LogP contribution is -2.39. The molecule has 1 N–H and O–H groups in total. The summed E-state index contributed by atoms with van der Waals surface area (Å²) in [4.78, 5) is 26.9. The van der Waals surface area contributed by atoms with Gasteiger partial charge in [-0.05, 0) is 37.5 Å². The molecule has 2 aromatic rings. The van der Waals surface area contributed by atoms with Crippen LogP contribution in [0.3, 0.4) is 0 Å². The molecule has 0 spiro atoms. The van der Waals surface area contributed by atoms with E-state index in [9.17, 15) is 14.0 Å². The van der Waals surface area contributed by atoms with E-state index in [-0.39, 0.29) is 36.8 Å². The summed E-state index contributed by atoms with van der Waals surface area (Å²) < 4.78 is 19.8. The molecule has 2 aliphatic rings. The number of carbonyl (C=O) groups is 2. The SMILES string of the molecule is O=C(COc1cccc2c1CCN(Cc1ccccc1F)C2=O)NC1CCCCC1. The fraction of sp³-hybridized carbons (Fsp3) is 0.417. The Balaban J connectivity index is 1.40. The van der Waals surface area contributed by atoms with Crippen LogP contribution in [0.25, 0.3) is 0 Å². The van der Waals surface area contributed by atoms with Gasteiger partial charge in [0, 0.05) is 35.8 Å². The average Bonchev–Trinajstić information content (AvgIpc) is 2.76. The first-order valence-electron chi connectivity index (χ1n) is 10.7. The first kappa shape index (κ1) is 20.4. The maximum Gasteiger partial charge on any atom is 0.258 e. The predicted octanol–water partition coefficient (Wildman–Crippen LogP) is 3.85. The zero-order chi connectivity index (χ0) is 20.9. The van der Waals surface area contributed by atoms with E-state index in [0.717, 1.165) is 31.2 Å². The number of halogens is 1. The minimum absolute atomic E-state index is 0.0555. The third-order valence-corrected chi connectivity index (χ3v) is 5.93. The Morgan fingerprint density at radius 3 is 2.70 bits per heavy atom. The Bertz CT molecular complexity index is 924. The van der Waals surface area contributed by atoms with Crippen LogP contribution in [-0.2, 0) is 17.8 Å². The molecule has 0 saturated heterocycles. The summed E-state index contributed by atoms with van der Waals surface area (Å²) in [5.74, 6) is 0.00164. The zero-order valence-corrected chi connectivity index (χ0v) is 17.0. The molecule has 1 fully saturated rings. The molecule has 1 heterocycles. The lowest BCUT2D eigenvalue weighted by atomic mass is 9.95. The lowest BCUT2D eigenvalue weighted by Gasteiger charge is -2.30. The largest absolute Gasteiger partial charge is 0.483 e. The molecule has 0 atom stereocenters. The van der Waals surface area contributed by atoms with Gasteiger partial charge in [0.25, 0.3) is 11.8 Å². The first-order chi connectivity index (χ1) is 14.6. The number of nitrogens with one attached hydrogen (secondary N) is 1. The monoisotopic (exact) mass is 410 g/mol. The number of ether oxygens (including phenoxy) is 1. The van der Waals surface area contributed by atoms with Crippen molar-refractivity contribution in [3.8, 4) is 5.75 Å². The van der Waals surface area contributed by atoms with Gasteiger partial charge in [-0.1, -0.05) is 43.5 Å². The number of hydrogen-bond acceptors (Lipinski definition) is 3. The van der Waals surface area contributed by atoms with Gasteiger partial charge in [0.1, 0.15) is 11.6 Å². The fourth-order valence-corrected chi connectivity index (χ4v) is 4.32. The van der Waals surface area contributed by atoms with Gasteiger partial charge in [-0.3, -0.25) is 9.59 Å². The van der Waals surface area contributed by atoms with Crippen LogP contribution in [0.1, 0.15) is 53.6 Å². The third kappa shape index (κ3) is 4.64. The van der Waals surface area contributed by atoms with Crippen molar-refractivity contribution in [1.29, 1.82) is 0 Å². The molecule has 0 radical (unpaired) electrons. The highest BCUT2D eigenvalue weighted by atomic mass is 19.1. The molecule has 1 aliphatic heterocycles. The molecule has 2 aromatic carbocycles. The maximum absolute atomic E-state index is 14.0. The van der Waals surface area contributed by atoms with E-state index in [0.29, 0.717) is 29.8 Å². The van der Waals surface area contributed by atoms with E-state index in [1.807, 2.05) is 0 Å². The van der Waals surface area contributed by atoms with Crippen LogP contribution in [0.2, 0.25) is 0 Å². The second-order valence-electron chi connectivity index (χ2n) is 8.04. The Labute approximate surface area is 176 Å². The van der Waals surface area contributed by atoms with Crippen LogP contribution >= 0.6 is 0 Å². The second kappa shape index (κ2) is 9.28. The summed E-state index contributed by atoms with van der Waals surface area (Å²) in [6, 6.07) is 12.1. The number of benzene rings is 2. The molecule has 0 bridgehead atoms. The van der Waals surface area contributed by atoms with E-state index in [4.69, 9.17) is 4.74 Å². The number of amides is 2. The smallest absolute Gasteiger partial charge is 0.258 e. The van der Waals surface area contributed by atoms with Gasteiger partial charge in [-0.25, -0.2) is 4.39 Å². The molecule has 0 aromatic heterocycles. The lowest BCUT2D eigenvalue weighted by molar-refractivity contribution is -0.124. The van der Waals surface area contributed by atoms with Crippen molar-refractivity contribution in [2.45, 2.75) is 51.1 Å². The van der Waals surface area contributed by atoms with Crippen molar-refractivity contribution in [2.75, 3.05) is 13.2 Å². The minimum atomic E-state index is -0.308. The summed E-state index contributed by atoms with van der Waals surface area (Å²) in [5.41, 5.74) is 1.88. The van der Waals surface area contributed by atoms with Gasteiger partial charge in [0.2, 0.25) is 0 Å². The molecule has 158 valence electrons. The predicted molar refractivity (Wildman–Crippen MR) is 112 cm³/mol. The van der Waals surface area contributed by atoms with Crippen LogP contribution in [0.4, 0.5) is 4.39 Å². The molecule has 4 rings (SSSR count). The van der Waals surface area contributed by atoms with Gasteiger partial charge in [-0.2, -0.15) is 0 Å². The van der Waals surface area contributed by atoms with Crippen molar-refractivity contribution in [3.63, 3.8) is 0 Å². The van der Waals surface area contributed by atoms with Crippen LogP contribution in [0.15, 0.2) is 42.5 Å². The van der Waals surface area contributed by atoms with Crippen LogP contribution < -0.4 is 10.1 Å². The summed E-state index contributed by atoms with van der Waals surface area (Å²) in [6.07, 6.45) is 6.21. The highest BCUT2D eigenvalue weighted by Gasteiger charge is 2.27. The number of carbonyl (C=O) groups excluding carboxylic acids is 2. The topological polar surface area (TPSA) is 58.6 Å². The van der Waals surface area contributed by atoms with E-state index >= 15 is 0 Å². The number of rotatable bonds is 6. The Hall–Kier alpha value is -2.89.